The normalized spacial score (nSPS) is 9.64. The molecule has 0 saturated carbocycles. The third-order valence-electron chi connectivity index (χ3n) is 1.95. The maximum atomic E-state index is 11.2. The number of para-hydroxylation sites is 1. The lowest BCUT2D eigenvalue weighted by molar-refractivity contribution is -0.114. The van der Waals surface area contributed by atoms with Crippen LogP contribution in [0.25, 0.3) is 0 Å². The van der Waals surface area contributed by atoms with Gasteiger partial charge in [0.15, 0.2) is 5.78 Å². The van der Waals surface area contributed by atoms with E-state index in [1.165, 1.54) is 13.8 Å². The Morgan fingerprint density at radius 1 is 1.21 bits per heavy atom. The van der Waals surface area contributed by atoms with E-state index in [1.807, 2.05) is 13.0 Å². The van der Waals surface area contributed by atoms with Crippen molar-refractivity contribution in [3.8, 4) is 0 Å². The first kappa shape index (κ1) is 10.4. The van der Waals surface area contributed by atoms with Crippen molar-refractivity contribution >= 4 is 17.4 Å². The van der Waals surface area contributed by atoms with E-state index in [2.05, 4.69) is 5.32 Å². The van der Waals surface area contributed by atoms with Crippen LogP contribution in [0, 0.1) is 6.92 Å². The van der Waals surface area contributed by atoms with Gasteiger partial charge in [0.1, 0.15) is 0 Å². The standard InChI is InChI=1S/C11H13NO2/c1-7-5-4-6-10(8(2)13)11(7)12-9(3)14/h4-6H,1-3H3,(H,12,14). The van der Waals surface area contributed by atoms with Crippen molar-refractivity contribution in [3.63, 3.8) is 0 Å². The number of anilines is 1. The summed E-state index contributed by atoms with van der Waals surface area (Å²) in [6, 6.07) is 5.37. The molecule has 0 bridgehead atoms. The fraction of sp³-hybridized carbons (Fsp3) is 0.273. The molecular weight excluding hydrogens is 178 g/mol. The largest absolute Gasteiger partial charge is 0.325 e. The number of amides is 1. The van der Waals surface area contributed by atoms with Crippen LogP contribution in [0.1, 0.15) is 29.8 Å². The van der Waals surface area contributed by atoms with Gasteiger partial charge in [-0.1, -0.05) is 12.1 Å². The Morgan fingerprint density at radius 3 is 2.36 bits per heavy atom. The topological polar surface area (TPSA) is 46.2 Å². The quantitative estimate of drug-likeness (QED) is 0.728. The van der Waals surface area contributed by atoms with Crippen LogP contribution in [0.15, 0.2) is 18.2 Å². The summed E-state index contributed by atoms with van der Waals surface area (Å²) in [4.78, 5) is 22.2. The minimum Gasteiger partial charge on any atom is -0.325 e. The Hall–Kier alpha value is -1.64. The van der Waals surface area contributed by atoms with Crippen LogP contribution in [0.2, 0.25) is 0 Å². The van der Waals surface area contributed by atoms with Crippen LogP contribution < -0.4 is 5.32 Å². The smallest absolute Gasteiger partial charge is 0.221 e. The number of ketones is 1. The van der Waals surface area contributed by atoms with E-state index in [0.717, 1.165) is 5.56 Å². The zero-order chi connectivity index (χ0) is 10.7. The molecule has 0 aromatic heterocycles. The molecule has 1 amide bonds. The number of carbonyl (C=O) groups is 2. The van der Waals surface area contributed by atoms with E-state index in [1.54, 1.807) is 12.1 Å². The zero-order valence-electron chi connectivity index (χ0n) is 8.55. The third kappa shape index (κ3) is 2.19. The highest BCUT2D eigenvalue weighted by Gasteiger charge is 2.09. The van der Waals surface area contributed by atoms with E-state index in [9.17, 15) is 9.59 Å². The van der Waals surface area contributed by atoms with Gasteiger partial charge in [0, 0.05) is 12.5 Å². The molecule has 0 heterocycles. The van der Waals surface area contributed by atoms with Crippen molar-refractivity contribution in [1.82, 2.24) is 0 Å². The predicted molar refractivity (Wildman–Crippen MR) is 55.5 cm³/mol. The molecule has 0 spiro atoms. The molecule has 74 valence electrons. The van der Waals surface area contributed by atoms with E-state index in [-0.39, 0.29) is 11.7 Å². The maximum Gasteiger partial charge on any atom is 0.221 e. The van der Waals surface area contributed by atoms with E-state index >= 15 is 0 Å². The zero-order valence-corrected chi connectivity index (χ0v) is 8.55. The molecule has 0 aliphatic rings. The molecule has 0 saturated heterocycles. The summed E-state index contributed by atoms with van der Waals surface area (Å²) in [5.74, 6) is -0.209. The second kappa shape index (κ2) is 4.05. The highest BCUT2D eigenvalue weighted by molar-refractivity contribution is 6.04. The average Bonchev–Trinajstić information content (AvgIpc) is 2.07. The molecule has 1 rings (SSSR count). The van der Waals surface area contributed by atoms with Crippen molar-refractivity contribution in [3.05, 3.63) is 29.3 Å². The second-order valence-electron chi connectivity index (χ2n) is 3.23. The molecular formula is C11H13NO2. The van der Waals surface area contributed by atoms with Gasteiger partial charge in [-0.15, -0.1) is 0 Å². The summed E-state index contributed by atoms with van der Waals surface area (Å²) < 4.78 is 0. The molecule has 0 aliphatic heterocycles. The van der Waals surface area contributed by atoms with Crippen LogP contribution >= 0.6 is 0 Å². The number of benzene rings is 1. The van der Waals surface area contributed by atoms with Gasteiger partial charge in [-0.05, 0) is 25.5 Å². The Labute approximate surface area is 83.1 Å². The van der Waals surface area contributed by atoms with Gasteiger partial charge in [0.25, 0.3) is 0 Å². The fourth-order valence-electron chi connectivity index (χ4n) is 1.30. The number of hydrogen-bond donors (Lipinski definition) is 1. The van der Waals surface area contributed by atoms with Crippen molar-refractivity contribution < 1.29 is 9.59 Å². The molecule has 14 heavy (non-hydrogen) atoms. The van der Waals surface area contributed by atoms with Crippen LogP contribution in [-0.2, 0) is 4.79 Å². The molecule has 3 nitrogen and oxygen atoms in total. The first-order chi connectivity index (χ1) is 6.52. The summed E-state index contributed by atoms with van der Waals surface area (Å²) in [7, 11) is 0. The summed E-state index contributed by atoms with van der Waals surface area (Å²) >= 11 is 0. The summed E-state index contributed by atoms with van der Waals surface area (Å²) in [5.41, 5.74) is 2.07. The highest BCUT2D eigenvalue weighted by atomic mass is 16.1. The molecule has 0 aliphatic carbocycles. The lowest BCUT2D eigenvalue weighted by Crippen LogP contribution is -2.11. The fourth-order valence-corrected chi connectivity index (χ4v) is 1.30. The summed E-state index contributed by atoms with van der Waals surface area (Å²) in [6.07, 6.45) is 0. The lowest BCUT2D eigenvalue weighted by Gasteiger charge is -2.10. The van der Waals surface area contributed by atoms with E-state index in [4.69, 9.17) is 0 Å². The third-order valence-corrected chi connectivity index (χ3v) is 1.95. The van der Waals surface area contributed by atoms with Crippen LogP contribution in [-0.4, -0.2) is 11.7 Å². The van der Waals surface area contributed by atoms with Crippen molar-refractivity contribution in [2.24, 2.45) is 0 Å². The monoisotopic (exact) mass is 191 g/mol. The van der Waals surface area contributed by atoms with Gasteiger partial charge in [-0.25, -0.2) is 0 Å². The van der Waals surface area contributed by atoms with Crippen LogP contribution in [0.5, 0.6) is 0 Å². The summed E-state index contributed by atoms with van der Waals surface area (Å²) in [5, 5.41) is 2.66. The molecule has 1 aromatic rings. The van der Waals surface area contributed by atoms with Gasteiger partial charge in [0.05, 0.1) is 5.69 Å². The van der Waals surface area contributed by atoms with Crippen molar-refractivity contribution in [2.75, 3.05) is 5.32 Å². The first-order valence-corrected chi connectivity index (χ1v) is 4.40. The molecule has 1 N–H and O–H groups in total. The minimum atomic E-state index is -0.165. The van der Waals surface area contributed by atoms with E-state index in [0.29, 0.717) is 11.3 Å². The maximum absolute atomic E-state index is 11.2. The molecule has 1 aromatic carbocycles. The van der Waals surface area contributed by atoms with Gasteiger partial charge >= 0.3 is 0 Å². The van der Waals surface area contributed by atoms with Crippen molar-refractivity contribution in [2.45, 2.75) is 20.8 Å². The predicted octanol–water partition coefficient (Wildman–Crippen LogP) is 2.16. The average molecular weight is 191 g/mol. The molecule has 0 atom stereocenters. The second-order valence-corrected chi connectivity index (χ2v) is 3.23. The Balaban J connectivity index is 3.22. The minimum absolute atomic E-state index is 0.0440. The van der Waals surface area contributed by atoms with E-state index < -0.39 is 0 Å². The van der Waals surface area contributed by atoms with Crippen LogP contribution in [0.3, 0.4) is 0 Å². The number of Topliss-reactive ketones (excluding diaryl/α,β-unsaturated/α-hetero) is 1. The molecule has 0 unspecified atom stereocenters. The van der Waals surface area contributed by atoms with Gasteiger partial charge < -0.3 is 5.32 Å². The Bertz CT molecular complexity index is 383. The number of aryl methyl sites for hydroxylation is 1. The number of carbonyl (C=O) groups excluding carboxylic acids is 2. The Morgan fingerprint density at radius 2 is 1.86 bits per heavy atom. The van der Waals surface area contributed by atoms with Crippen molar-refractivity contribution in [1.29, 1.82) is 0 Å². The van der Waals surface area contributed by atoms with Gasteiger partial charge in [0.2, 0.25) is 5.91 Å². The highest BCUT2D eigenvalue weighted by Crippen LogP contribution is 2.20. The Kier molecular flexibility index (Phi) is 3.02. The lowest BCUT2D eigenvalue weighted by atomic mass is 10.1. The number of rotatable bonds is 2. The molecule has 0 fully saturated rings. The summed E-state index contributed by atoms with van der Waals surface area (Å²) in [6.45, 7) is 4.77. The number of hydrogen-bond acceptors (Lipinski definition) is 2. The molecule has 0 radical (unpaired) electrons. The van der Waals surface area contributed by atoms with Gasteiger partial charge in [-0.2, -0.15) is 0 Å². The van der Waals surface area contributed by atoms with Crippen LogP contribution in [0.4, 0.5) is 5.69 Å². The molecule has 3 heteroatoms. The van der Waals surface area contributed by atoms with Gasteiger partial charge in [-0.3, -0.25) is 9.59 Å². The first-order valence-electron chi connectivity index (χ1n) is 4.40. The SMILES string of the molecule is CC(=O)Nc1c(C)cccc1C(C)=O. The number of nitrogens with one attached hydrogen (secondary N) is 1.